The van der Waals surface area contributed by atoms with Gasteiger partial charge in [0.25, 0.3) is 0 Å². The maximum absolute atomic E-state index is 9.60. The highest BCUT2D eigenvalue weighted by Crippen LogP contribution is 1.68. The van der Waals surface area contributed by atoms with Crippen molar-refractivity contribution in [1.82, 2.24) is 0 Å². The van der Waals surface area contributed by atoms with Crippen LogP contribution in [-0.4, -0.2) is 6.61 Å². The molecule has 0 radical (unpaired) electrons. The van der Waals surface area contributed by atoms with Gasteiger partial charge in [0, 0.05) is 6.61 Å². The summed E-state index contributed by atoms with van der Waals surface area (Å²) in [5, 5.41) is 0. The lowest BCUT2D eigenvalue weighted by Crippen LogP contribution is -1.80. The largest absolute Gasteiger partial charge is 0.439 e. The molecule has 0 aliphatic heterocycles. The summed E-state index contributed by atoms with van der Waals surface area (Å²) >= 11 is 0. The van der Waals surface area contributed by atoms with Gasteiger partial charge in [0.15, 0.2) is 0 Å². The van der Waals surface area contributed by atoms with E-state index in [0.717, 1.165) is 0 Å². The van der Waals surface area contributed by atoms with Gasteiger partial charge < -0.3 is 13.2 Å². The van der Waals surface area contributed by atoms with Gasteiger partial charge in [-0.15, -0.1) is 0 Å². The zero-order valence-electron chi connectivity index (χ0n) is 3.43. The van der Waals surface area contributed by atoms with Crippen molar-refractivity contribution in [2.75, 3.05) is 6.61 Å². The summed E-state index contributed by atoms with van der Waals surface area (Å²) in [5.41, 5.74) is 0. The molecule has 6 heavy (non-hydrogen) atoms. The minimum Gasteiger partial charge on any atom is -0.439 e. The Morgan fingerprint density at radius 1 is 2.00 bits per heavy atom. The molecule has 3 nitrogen and oxygen atoms in total. The van der Waals surface area contributed by atoms with Gasteiger partial charge >= 0.3 is 0 Å². The molecule has 0 unspecified atom stereocenters. The second-order valence-corrected chi connectivity index (χ2v) is 1.35. The van der Waals surface area contributed by atoms with Crippen LogP contribution >= 0.6 is 0 Å². The molecule has 0 saturated carbocycles. The molecule has 0 rings (SSSR count). The standard InChI is InChI=1S/C2H6NO2S/c1-2-5-6(3)4/h3H,2H2,1H3/q-1. The second-order valence-electron chi connectivity index (χ2n) is 0.641. The molecule has 0 aliphatic rings. The van der Waals surface area contributed by atoms with Gasteiger partial charge in [-0.3, -0.25) is 0 Å². The van der Waals surface area contributed by atoms with Gasteiger partial charge in [-0.25, -0.2) is 0 Å². The lowest BCUT2D eigenvalue weighted by molar-refractivity contribution is 0.368. The predicted octanol–water partition coefficient (Wildman–Crippen LogP) is 0.664. The minimum absolute atomic E-state index is 0.343. The first kappa shape index (κ1) is 5.91. The molecule has 0 aliphatic carbocycles. The first-order valence-electron chi connectivity index (χ1n) is 1.53. The summed E-state index contributed by atoms with van der Waals surface area (Å²) in [6.07, 6.45) is 0. The molecule has 1 N–H and O–H groups in total. The van der Waals surface area contributed by atoms with Crippen LogP contribution in [0.3, 0.4) is 0 Å². The molecule has 0 aromatic rings. The van der Waals surface area contributed by atoms with E-state index in [-0.39, 0.29) is 0 Å². The van der Waals surface area contributed by atoms with Crippen LogP contribution in [0, 0.1) is 4.78 Å². The van der Waals surface area contributed by atoms with E-state index in [9.17, 15) is 4.21 Å². The highest BCUT2D eigenvalue weighted by Gasteiger charge is 1.56. The Bertz CT molecular complexity index is 79.5. The molecule has 0 amide bonds. The third kappa shape index (κ3) is 3.91. The van der Waals surface area contributed by atoms with Gasteiger partial charge in [-0.2, -0.15) is 0 Å². The maximum atomic E-state index is 9.60. The highest BCUT2D eigenvalue weighted by molar-refractivity contribution is 7.68. The van der Waals surface area contributed by atoms with Crippen LogP contribution in [0.25, 0.3) is 0 Å². The van der Waals surface area contributed by atoms with Crippen molar-refractivity contribution >= 4 is 10.9 Å². The minimum atomic E-state index is -1.82. The van der Waals surface area contributed by atoms with E-state index in [1.54, 1.807) is 6.92 Å². The SMILES string of the molecule is CCO[S-](=N)=O. The molecule has 0 heterocycles. The summed E-state index contributed by atoms with van der Waals surface area (Å²) in [7, 11) is -1.82. The van der Waals surface area contributed by atoms with Gasteiger partial charge in [0.1, 0.15) is 0 Å². The first-order valence-corrected chi connectivity index (χ1v) is 2.61. The molecule has 0 bridgehead atoms. The molecule has 0 aromatic carbocycles. The molecule has 0 atom stereocenters. The number of rotatable bonds is 2. The fraction of sp³-hybridized carbons (Fsp3) is 1.00. The maximum Gasteiger partial charge on any atom is 0.0234 e. The Kier molecular flexibility index (Phi) is 3.07. The molecular formula is C2H6NO2S-. The van der Waals surface area contributed by atoms with Gasteiger partial charge in [0.2, 0.25) is 0 Å². The average Bonchev–Trinajstić information content (AvgIpc) is 1.35. The van der Waals surface area contributed by atoms with Crippen molar-refractivity contribution < 1.29 is 8.39 Å². The molecule has 0 fully saturated rings. The highest BCUT2D eigenvalue weighted by atomic mass is 32.2. The third-order valence-electron chi connectivity index (χ3n) is 0.225. The lowest BCUT2D eigenvalue weighted by Gasteiger charge is -1.94. The van der Waals surface area contributed by atoms with Crippen molar-refractivity contribution in [1.29, 1.82) is 4.78 Å². The molecule has 0 aromatic heterocycles. The quantitative estimate of drug-likeness (QED) is 0.528. The van der Waals surface area contributed by atoms with E-state index in [1.165, 1.54) is 0 Å². The van der Waals surface area contributed by atoms with Crippen molar-refractivity contribution in [3.63, 3.8) is 0 Å². The topological polar surface area (TPSA) is 50.1 Å². The molecule has 38 valence electrons. The Balaban J connectivity index is 3.07. The van der Waals surface area contributed by atoms with Crippen LogP contribution in [0.5, 0.6) is 0 Å². The predicted molar refractivity (Wildman–Crippen MR) is 22.4 cm³/mol. The van der Waals surface area contributed by atoms with E-state index in [4.69, 9.17) is 4.78 Å². The smallest absolute Gasteiger partial charge is 0.0234 e. The summed E-state index contributed by atoms with van der Waals surface area (Å²) in [6, 6.07) is 0. The van der Waals surface area contributed by atoms with Crippen LogP contribution in [0.1, 0.15) is 6.92 Å². The van der Waals surface area contributed by atoms with E-state index in [1.807, 2.05) is 0 Å². The van der Waals surface area contributed by atoms with Gasteiger partial charge in [-0.05, 0) is 6.92 Å². The summed E-state index contributed by atoms with van der Waals surface area (Å²) < 4.78 is 20.0. The lowest BCUT2D eigenvalue weighted by atomic mass is 10.9. The van der Waals surface area contributed by atoms with Crippen LogP contribution in [0.15, 0.2) is 0 Å². The summed E-state index contributed by atoms with van der Waals surface area (Å²) in [4.78, 5) is 0. The molecular weight excluding hydrogens is 102 g/mol. The van der Waals surface area contributed by atoms with Crippen LogP contribution in [-0.2, 0) is 19.3 Å². The van der Waals surface area contributed by atoms with E-state index in [0.29, 0.717) is 6.61 Å². The fourth-order valence-corrected chi connectivity index (χ4v) is 0.321. The zero-order chi connectivity index (χ0) is 4.99. The molecule has 0 spiro atoms. The summed E-state index contributed by atoms with van der Waals surface area (Å²) in [5.74, 6) is 0. The molecule has 4 heteroatoms. The fourth-order valence-electron chi connectivity index (χ4n) is 0.107. The van der Waals surface area contributed by atoms with Crippen molar-refractivity contribution in [3.05, 3.63) is 0 Å². The number of nitrogens with one attached hydrogen (secondary N) is 1. The van der Waals surface area contributed by atoms with Crippen molar-refractivity contribution in [2.45, 2.75) is 6.92 Å². The summed E-state index contributed by atoms with van der Waals surface area (Å²) in [6.45, 7) is 2.03. The zero-order valence-corrected chi connectivity index (χ0v) is 4.25. The Morgan fingerprint density at radius 3 is 2.50 bits per heavy atom. The third-order valence-corrected chi connectivity index (χ3v) is 0.675. The average molecular weight is 108 g/mol. The normalized spacial score (nSPS) is 9.67. The van der Waals surface area contributed by atoms with Gasteiger partial charge in [-0.1, -0.05) is 10.9 Å². The van der Waals surface area contributed by atoms with Crippen LogP contribution in [0.2, 0.25) is 0 Å². The molecule has 0 saturated heterocycles. The number of hydrogen-bond acceptors (Lipinski definition) is 4. The second kappa shape index (κ2) is 3.11. The monoisotopic (exact) mass is 108 g/mol. The van der Waals surface area contributed by atoms with E-state index in [2.05, 4.69) is 4.18 Å². The Hall–Kier alpha value is -0.0900. The van der Waals surface area contributed by atoms with Crippen LogP contribution < -0.4 is 0 Å². The number of hydrogen-bond donors (Lipinski definition) is 1. The van der Waals surface area contributed by atoms with E-state index < -0.39 is 10.9 Å². The van der Waals surface area contributed by atoms with E-state index >= 15 is 0 Å². The van der Waals surface area contributed by atoms with Gasteiger partial charge in [0.05, 0.1) is 0 Å². The van der Waals surface area contributed by atoms with Crippen molar-refractivity contribution in [2.24, 2.45) is 0 Å². The van der Waals surface area contributed by atoms with Crippen LogP contribution in [0.4, 0.5) is 0 Å². The Labute approximate surface area is 38.5 Å². The first-order chi connectivity index (χ1) is 2.77. The van der Waals surface area contributed by atoms with Crippen molar-refractivity contribution in [3.8, 4) is 0 Å². The Morgan fingerprint density at radius 2 is 2.50 bits per heavy atom.